The van der Waals surface area contributed by atoms with Crippen molar-refractivity contribution in [1.29, 1.82) is 0 Å². The first kappa shape index (κ1) is 12.2. The Morgan fingerprint density at radius 3 is 2.76 bits per heavy atom. The van der Waals surface area contributed by atoms with Crippen molar-refractivity contribution in [3.63, 3.8) is 0 Å². The summed E-state index contributed by atoms with van der Waals surface area (Å²) in [5.74, 6) is 1.14. The number of methoxy groups -OCH3 is 1. The molecule has 0 atom stereocenters. The maximum absolute atomic E-state index is 9.76. The average molecular weight is 235 g/mol. The molecule has 2 N–H and O–H groups in total. The summed E-state index contributed by atoms with van der Waals surface area (Å²) in [5, 5.41) is 13.3. The second-order valence-corrected chi connectivity index (χ2v) is 4.71. The number of phenols is 1. The van der Waals surface area contributed by atoms with Crippen LogP contribution in [0.1, 0.15) is 37.7 Å². The van der Waals surface area contributed by atoms with Crippen LogP contribution in [0.25, 0.3) is 0 Å². The molecule has 0 spiro atoms. The summed E-state index contributed by atoms with van der Waals surface area (Å²) < 4.78 is 5.16. The Bertz CT molecular complexity index is 359. The lowest BCUT2D eigenvalue weighted by molar-refractivity contribution is 0.367. The molecule has 0 radical (unpaired) electrons. The van der Waals surface area contributed by atoms with Gasteiger partial charge in [-0.3, -0.25) is 0 Å². The molecule has 1 saturated carbocycles. The normalized spacial score (nSPS) is 17.0. The van der Waals surface area contributed by atoms with E-state index in [0.29, 0.717) is 18.3 Å². The number of hydrogen-bond acceptors (Lipinski definition) is 3. The lowest BCUT2D eigenvalue weighted by Crippen LogP contribution is -2.30. The molecule has 0 aliphatic heterocycles. The number of nitrogens with one attached hydrogen (secondary N) is 1. The molecule has 94 valence electrons. The van der Waals surface area contributed by atoms with Gasteiger partial charge in [0.05, 0.1) is 7.11 Å². The number of rotatable bonds is 4. The Balaban J connectivity index is 1.92. The Hall–Kier alpha value is -1.22. The fraction of sp³-hybridized carbons (Fsp3) is 0.571. The molecule has 0 bridgehead atoms. The van der Waals surface area contributed by atoms with Crippen LogP contribution in [-0.4, -0.2) is 18.3 Å². The van der Waals surface area contributed by atoms with Gasteiger partial charge in [0.1, 0.15) is 11.5 Å². The molecular weight excluding hydrogens is 214 g/mol. The van der Waals surface area contributed by atoms with Crippen molar-refractivity contribution in [3.05, 3.63) is 23.8 Å². The van der Waals surface area contributed by atoms with Crippen molar-refractivity contribution >= 4 is 0 Å². The maximum atomic E-state index is 9.76. The molecule has 0 unspecified atom stereocenters. The molecule has 1 aromatic carbocycles. The van der Waals surface area contributed by atoms with Crippen molar-refractivity contribution in [2.24, 2.45) is 0 Å². The third-order valence-corrected chi connectivity index (χ3v) is 3.47. The molecule has 1 aliphatic carbocycles. The molecule has 0 saturated heterocycles. The van der Waals surface area contributed by atoms with Crippen LogP contribution in [0.15, 0.2) is 18.2 Å². The van der Waals surface area contributed by atoms with Crippen LogP contribution in [0, 0.1) is 0 Å². The van der Waals surface area contributed by atoms with Crippen LogP contribution in [0.5, 0.6) is 11.5 Å². The van der Waals surface area contributed by atoms with Gasteiger partial charge >= 0.3 is 0 Å². The van der Waals surface area contributed by atoms with Gasteiger partial charge in [-0.25, -0.2) is 0 Å². The lowest BCUT2D eigenvalue weighted by atomic mass is 9.95. The van der Waals surface area contributed by atoms with E-state index in [1.165, 1.54) is 32.1 Å². The second-order valence-electron chi connectivity index (χ2n) is 4.71. The summed E-state index contributed by atoms with van der Waals surface area (Å²) in [6, 6.07) is 5.97. The van der Waals surface area contributed by atoms with Crippen LogP contribution < -0.4 is 10.1 Å². The van der Waals surface area contributed by atoms with Gasteiger partial charge in [-0.2, -0.15) is 0 Å². The van der Waals surface area contributed by atoms with Crippen LogP contribution in [0.2, 0.25) is 0 Å². The van der Waals surface area contributed by atoms with Gasteiger partial charge in [0, 0.05) is 18.2 Å². The standard InChI is InChI=1S/C14H21NO2/c1-17-13-7-8-14(16)11(9-13)10-15-12-5-3-2-4-6-12/h7-9,12,15-16H,2-6,10H2,1H3. The first-order chi connectivity index (χ1) is 8.29. The highest BCUT2D eigenvalue weighted by molar-refractivity contribution is 5.39. The Labute approximate surface area is 103 Å². The number of ether oxygens (including phenoxy) is 1. The van der Waals surface area contributed by atoms with E-state index in [1.54, 1.807) is 19.2 Å². The predicted octanol–water partition coefficient (Wildman–Crippen LogP) is 2.82. The summed E-state index contributed by atoms with van der Waals surface area (Å²) >= 11 is 0. The van der Waals surface area contributed by atoms with Crippen molar-refractivity contribution in [2.75, 3.05) is 7.11 Å². The molecule has 17 heavy (non-hydrogen) atoms. The highest BCUT2D eigenvalue weighted by Crippen LogP contribution is 2.24. The van der Waals surface area contributed by atoms with Gasteiger partial charge in [-0.05, 0) is 31.0 Å². The van der Waals surface area contributed by atoms with E-state index in [4.69, 9.17) is 4.74 Å². The Morgan fingerprint density at radius 2 is 2.06 bits per heavy atom. The predicted molar refractivity (Wildman–Crippen MR) is 68.4 cm³/mol. The van der Waals surface area contributed by atoms with Crippen molar-refractivity contribution in [3.8, 4) is 11.5 Å². The first-order valence-electron chi connectivity index (χ1n) is 6.39. The topological polar surface area (TPSA) is 41.5 Å². The summed E-state index contributed by atoms with van der Waals surface area (Å²) in [7, 11) is 1.64. The van der Waals surface area contributed by atoms with Crippen LogP contribution in [-0.2, 0) is 6.54 Å². The number of aromatic hydroxyl groups is 1. The zero-order valence-electron chi connectivity index (χ0n) is 10.4. The molecule has 1 fully saturated rings. The van der Waals surface area contributed by atoms with Gasteiger partial charge < -0.3 is 15.2 Å². The summed E-state index contributed by atoms with van der Waals surface area (Å²) in [4.78, 5) is 0. The SMILES string of the molecule is COc1ccc(O)c(CNC2CCCCC2)c1. The van der Waals surface area contributed by atoms with E-state index in [9.17, 15) is 5.11 Å². The van der Waals surface area contributed by atoms with Crippen LogP contribution >= 0.6 is 0 Å². The smallest absolute Gasteiger partial charge is 0.120 e. The number of hydrogen-bond donors (Lipinski definition) is 2. The summed E-state index contributed by atoms with van der Waals surface area (Å²) in [5.41, 5.74) is 0.912. The number of phenolic OH excluding ortho intramolecular Hbond substituents is 1. The monoisotopic (exact) mass is 235 g/mol. The van der Waals surface area contributed by atoms with E-state index in [-0.39, 0.29) is 0 Å². The van der Waals surface area contributed by atoms with Crippen LogP contribution in [0.4, 0.5) is 0 Å². The third kappa shape index (κ3) is 3.37. The van der Waals surface area contributed by atoms with E-state index >= 15 is 0 Å². The molecule has 0 heterocycles. The van der Waals surface area contributed by atoms with Crippen molar-refractivity contribution < 1.29 is 9.84 Å². The van der Waals surface area contributed by atoms with Crippen molar-refractivity contribution in [2.45, 2.75) is 44.7 Å². The molecule has 0 aromatic heterocycles. The van der Waals surface area contributed by atoms with Gasteiger partial charge in [0.2, 0.25) is 0 Å². The van der Waals surface area contributed by atoms with Gasteiger partial charge in [0.15, 0.2) is 0 Å². The minimum Gasteiger partial charge on any atom is -0.508 e. The van der Waals surface area contributed by atoms with E-state index in [0.717, 1.165) is 11.3 Å². The molecular formula is C14H21NO2. The molecule has 3 nitrogen and oxygen atoms in total. The molecule has 2 rings (SSSR count). The Morgan fingerprint density at radius 1 is 1.29 bits per heavy atom. The van der Waals surface area contributed by atoms with Crippen molar-refractivity contribution in [1.82, 2.24) is 5.32 Å². The largest absolute Gasteiger partial charge is 0.508 e. The van der Waals surface area contributed by atoms with Gasteiger partial charge in [-0.15, -0.1) is 0 Å². The van der Waals surface area contributed by atoms with Crippen LogP contribution in [0.3, 0.4) is 0 Å². The Kier molecular flexibility index (Phi) is 4.26. The van der Waals surface area contributed by atoms with E-state index < -0.39 is 0 Å². The summed E-state index contributed by atoms with van der Waals surface area (Å²) in [6.45, 7) is 0.716. The van der Waals surface area contributed by atoms with Gasteiger partial charge in [0.25, 0.3) is 0 Å². The lowest BCUT2D eigenvalue weighted by Gasteiger charge is -2.23. The zero-order valence-corrected chi connectivity index (χ0v) is 10.4. The minimum atomic E-state index is 0.342. The molecule has 3 heteroatoms. The fourth-order valence-electron chi connectivity index (χ4n) is 2.39. The summed E-state index contributed by atoms with van der Waals surface area (Å²) in [6.07, 6.45) is 6.52. The zero-order chi connectivity index (χ0) is 12.1. The second kappa shape index (κ2) is 5.92. The van der Waals surface area contributed by atoms with E-state index in [1.807, 2.05) is 6.07 Å². The average Bonchev–Trinajstić information content (AvgIpc) is 2.39. The highest BCUT2D eigenvalue weighted by Gasteiger charge is 2.13. The first-order valence-corrected chi connectivity index (χ1v) is 6.39. The number of benzene rings is 1. The molecule has 1 aliphatic rings. The minimum absolute atomic E-state index is 0.342. The fourth-order valence-corrected chi connectivity index (χ4v) is 2.39. The third-order valence-electron chi connectivity index (χ3n) is 3.47. The maximum Gasteiger partial charge on any atom is 0.120 e. The van der Waals surface area contributed by atoms with E-state index in [2.05, 4.69) is 5.32 Å². The quantitative estimate of drug-likeness (QED) is 0.843. The molecule has 1 aromatic rings. The highest BCUT2D eigenvalue weighted by atomic mass is 16.5. The molecule has 0 amide bonds. The van der Waals surface area contributed by atoms with Gasteiger partial charge in [-0.1, -0.05) is 19.3 Å².